The number of carbonyl (C=O) groups is 2. The number of rotatable bonds is 6. The van der Waals surface area contributed by atoms with E-state index >= 15 is 0 Å². The van der Waals surface area contributed by atoms with Crippen LogP contribution in [-0.4, -0.2) is 43.9 Å². The molecule has 5 nitrogen and oxygen atoms in total. The third kappa shape index (κ3) is 4.55. The van der Waals surface area contributed by atoms with Crippen LogP contribution in [-0.2, 0) is 4.79 Å². The van der Waals surface area contributed by atoms with E-state index in [-0.39, 0.29) is 17.9 Å². The Labute approximate surface area is 161 Å². The Kier molecular flexibility index (Phi) is 5.91. The SMILES string of the molecule is Cc1ccc(C(CNC(=O)c2ccc(N3CCCC3=O)cc2)N(C)C)cc1. The maximum Gasteiger partial charge on any atom is 0.251 e. The minimum Gasteiger partial charge on any atom is -0.350 e. The van der Waals surface area contributed by atoms with E-state index in [9.17, 15) is 9.59 Å². The Hall–Kier alpha value is -2.66. The van der Waals surface area contributed by atoms with Crippen LogP contribution in [0.2, 0.25) is 0 Å². The maximum atomic E-state index is 12.5. The van der Waals surface area contributed by atoms with Crippen molar-refractivity contribution < 1.29 is 9.59 Å². The first-order valence-corrected chi connectivity index (χ1v) is 9.37. The summed E-state index contributed by atoms with van der Waals surface area (Å²) in [6.45, 7) is 3.35. The first-order chi connectivity index (χ1) is 13.0. The number of nitrogens with zero attached hydrogens (tertiary/aromatic N) is 2. The van der Waals surface area contributed by atoms with Gasteiger partial charge in [0, 0.05) is 30.8 Å². The van der Waals surface area contributed by atoms with Crippen molar-refractivity contribution in [2.45, 2.75) is 25.8 Å². The van der Waals surface area contributed by atoms with Crippen molar-refractivity contribution in [3.8, 4) is 0 Å². The van der Waals surface area contributed by atoms with Gasteiger partial charge < -0.3 is 15.1 Å². The third-order valence-corrected chi connectivity index (χ3v) is 5.06. The van der Waals surface area contributed by atoms with Crippen LogP contribution < -0.4 is 10.2 Å². The lowest BCUT2D eigenvalue weighted by Crippen LogP contribution is -2.34. The van der Waals surface area contributed by atoms with Crippen molar-refractivity contribution in [1.82, 2.24) is 10.2 Å². The van der Waals surface area contributed by atoms with E-state index in [1.54, 1.807) is 17.0 Å². The fourth-order valence-electron chi connectivity index (χ4n) is 3.39. The molecule has 0 aromatic heterocycles. The minimum atomic E-state index is -0.103. The molecule has 1 heterocycles. The van der Waals surface area contributed by atoms with E-state index in [4.69, 9.17) is 0 Å². The van der Waals surface area contributed by atoms with E-state index in [0.717, 1.165) is 18.7 Å². The lowest BCUT2D eigenvalue weighted by atomic mass is 10.0. The molecule has 2 aromatic rings. The highest BCUT2D eigenvalue weighted by Gasteiger charge is 2.22. The third-order valence-electron chi connectivity index (χ3n) is 5.06. The minimum absolute atomic E-state index is 0.103. The summed E-state index contributed by atoms with van der Waals surface area (Å²) in [6, 6.07) is 15.8. The summed E-state index contributed by atoms with van der Waals surface area (Å²) in [5.41, 5.74) is 3.86. The molecule has 142 valence electrons. The van der Waals surface area contributed by atoms with Crippen LogP contribution in [0.15, 0.2) is 48.5 Å². The number of nitrogens with one attached hydrogen (secondary N) is 1. The molecule has 1 N–H and O–H groups in total. The van der Waals surface area contributed by atoms with Crippen molar-refractivity contribution >= 4 is 17.5 Å². The van der Waals surface area contributed by atoms with Gasteiger partial charge in [0.1, 0.15) is 0 Å². The number of aryl methyl sites for hydroxylation is 1. The largest absolute Gasteiger partial charge is 0.350 e. The van der Waals surface area contributed by atoms with Gasteiger partial charge in [-0.25, -0.2) is 0 Å². The molecule has 0 bridgehead atoms. The summed E-state index contributed by atoms with van der Waals surface area (Å²) in [5.74, 6) is 0.0485. The van der Waals surface area contributed by atoms with Gasteiger partial charge in [-0.05, 0) is 57.3 Å². The summed E-state index contributed by atoms with van der Waals surface area (Å²) in [7, 11) is 4.02. The number of anilines is 1. The van der Waals surface area contributed by atoms with Gasteiger partial charge in [0.25, 0.3) is 5.91 Å². The molecular weight excluding hydrogens is 338 g/mol. The molecule has 1 aliphatic rings. The molecule has 3 rings (SSSR count). The molecule has 1 atom stereocenters. The molecule has 1 aliphatic heterocycles. The predicted octanol–water partition coefficient (Wildman–Crippen LogP) is 3.15. The van der Waals surface area contributed by atoms with Gasteiger partial charge in [0.2, 0.25) is 5.91 Å². The smallest absolute Gasteiger partial charge is 0.251 e. The zero-order valence-corrected chi connectivity index (χ0v) is 16.2. The van der Waals surface area contributed by atoms with Crippen molar-refractivity contribution in [3.63, 3.8) is 0 Å². The quantitative estimate of drug-likeness (QED) is 0.856. The topological polar surface area (TPSA) is 52.7 Å². The number of amides is 2. The Balaban J connectivity index is 1.63. The van der Waals surface area contributed by atoms with E-state index in [1.165, 1.54) is 11.1 Å². The second-order valence-corrected chi connectivity index (χ2v) is 7.30. The highest BCUT2D eigenvalue weighted by molar-refractivity contribution is 5.97. The van der Waals surface area contributed by atoms with Crippen LogP contribution in [0.4, 0.5) is 5.69 Å². The van der Waals surface area contributed by atoms with Crippen LogP contribution in [0.5, 0.6) is 0 Å². The van der Waals surface area contributed by atoms with Gasteiger partial charge >= 0.3 is 0 Å². The van der Waals surface area contributed by atoms with Crippen LogP contribution in [0, 0.1) is 6.92 Å². The van der Waals surface area contributed by atoms with Crippen LogP contribution >= 0.6 is 0 Å². The van der Waals surface area contributed by atoms with Crippen LogP contribution in [0.25, 0.3) is 0 Å². The molecule has 0 saturated carbocycles. The normalized spacial score (nSPS) is 15.3. The van der Waals surface area contributed by atoms with Crippen molar-refractivity contribution in [1.29, 1.82) is 0 Å². The van der Waals surface area contributed by atoms with E-state index < -0.39 is 0 Å². The van der Waals surface area contributed by atoms with E-state index in [2.05, 4.69) is 41.4 Å². The average Bonchev–Trinajstić information content (AvgIpc) is 3.09. The molecule has 2 aromatic carbocycles. The van der Waals surface area contributed by atoms with E-state index in [1.807, 2.05) is 26.2 Å². The van der Waals surface area contributed by atoms with Gasteiger partial charge in [-0.1, -0.05) is 29.8 Å². The Morgan fingerprint density at radius 1 is 1.11 bits per heavy atom. The molecule has 27 heavy (non-hydrogen) atoms. The number of benzene rings is 2. The monoisotopic (exact) mass is 365 g/mol. The molecule has 0 spiro atoms. The van der Waals surface area contributed by atoms with Crippen LogP contribution in [0.1, 0.15) is 40.4 Å². The van der Waals surface area contributed by atoms with Gasteiger partial charge in [-0.2, -0.15) is 0 Å². The summed E-state index contributed by atoms with van der Waals surface area (Å²) in [5, 5.41) is 3.03. The predicted molar refractivity (Wildman–Crippen MR) is 108 cm³/mol. The number of hydrogen-bond donors (Lipinski definition) is 1. The van der Waals surface area contributed by atoms with Gasteiger partial charge in [0.05, 0.1) is 6.04 Å². The zero-order valence-electron chi connectivity index (χ0n) is 16.2. The first-order valence-electron chi connectivity index (χ1n) is 9.37. The number of carbonyl (C=O) groups excluding carboxylic acids is 2. The molecule has 1 fully saturated rings. The van der Waals surface area contributed by atoms with Crippen molar-refractivity contribution in [2.24, 2.45) is 0 Å². The standard InChI is InChI=1S/C22H27N3O2/c1-16-6-8-17(9-7-16)20(24(2)3)15-23-22(27)18-10-12-19(13-11-18)25-14-4-5-21(25)26/h6-13,20H,4-5,14-15H2,1-3H3,(H,23,27). The highest BCUT2D eigenvalue weighted by Crippen LogP contribution is 2.22. The van der Waals surface area contributed by atoms with Crippen molar-refractivity contribution in [2.75, 3.05) is 32.1 Å². The van der Waals surface area contributed by atoms with Crippen molar-refractivity contribution in [3.05, 3.63) is 65.2 Å². The summed E-state index contributed by atoms with van der Waals surface area (Å²) < 4.78 is 0. The molecule has 0 aliphatic carbocycles. The molecule has 0 radical (unpaired) electrons. The van der Waals surface area contributed by atoms with Gasteiger partial charge in [0.15, 0.2) is 0 Å². The zero-order chi connectivity index (χ0) is 19.4. The van der Waals surface area contributed by atoms with E-state index in [0.29, 0.717) is 18.5 Å². The molecular formula is C22H27N3O2. The maximum absolute atomic E-state index is 12.5. The number of hydrogen-bond acceptors (Lipinski definition) is 3. The van der Waals surface area contributed by atoms with Gasteiger partial charge in [-0.15, -0.1) is 0 Å². The summed E-state index contributed by atoms with van der Waals surface area (Å²) >= 11 is 0. The fraction of sp³-hybridized carbons (Fsp3) is 0.364. The Bertz CT molecular complexity index is 797. The molecule has 1 saturated heterocycles. The molecule has 2 amide bonds. The molecule has 1 unspecified atom stereocenters. The van der Waals surface area contributed by atoms with Crippen LogP contribution in [0.3, 0.4) is 0 Å². The summed E-state index contributed by atoms with van der Waals surface area (Å²) in [6.07, 6.45) is 1.50. The number of likely N-dealkylation sites (N-methyl/N-ethyl adjacent to an activating group) is 1. The second kappa shape index (κ2) is 8.35. The highest BCUT2D eigenvalue weighted by atomic mass is 16.2. The lowest BCUT2D eigenvalue weighted by molar-refractivity contribution is -0.117. The fourth-order valence-corrected chi connectivity index (χ4v) is 3.39. The Morgan fingerprint density at radius 3 is 2.33 bits per heavy atom. The summed E-state index contributed by atoms with van der Waals surface area (Å²) in [4.78, 5) is 28.3. The Morgan fingerprint density at radius 2 is 1.78 bits per heavy atom. The second-order valence-electron chi connectivity index (χ2n) is 7.30. The van der Waals surface area contributed by atoms with Gasteiger partial charge in [-0.3, -0.25) is 9.59 Å². The average molecular weight is 365 g/mol. The first kappa shape index (κ1) is 19.1. The molecule has 5 heteroatoms. The lowest BCUT2D eigenvalue weighted by Gasteiger charge is -2.25.